The molecule has 4 heteroatoms. The van der Waals surface area contributed by atoms with E-state index in [1.165, 1.54) is 0 Å². The molecule has 3 aliphatic carbocycles. The van der Waals surface area contributed by atoms with Gasteiger partial charge in [0.05, 0.1) is 23.5 Å². The lowest BCUT2D eigenvalue weighted by Crippen LogP contribution is -2.33. The van der Waals surface area contributed by atoms with Crippen molar-refractivity contribution in [2.24, 2.45) is 0 Å². The lowest BCUT2D eigenvalue weighted by molar-refractivity contribution is 0.0859. The lowest BCUT2D eigenvalue weighted by atomic mass is 10.1. The van der Waals surface area contributed by atoms with Gasteiger partial charge in [0.1, 0.15) is 0 Å². The Bertz CT molecular complexity index is 896. The second-order valence-corrected chi connectivity index (χ2v) is 6.05. The van der Waals surface area contributed by atoms with Crippen LogP contribution in [0.25, 0.3) is 22.5 Å². The summed E-state index contributed by atoms with van der Waals surface area (Å²) in [7, 11) is 0. The summed E-state index contributed by atoms with van der Waals surface area (Å²) in [5.74, 6) is -0.124. The molecule has 1 aromatic rings. The van der Waals surface area contributed by atoms with Crippen LogP contribution in [0.15, 0.2) is 42.5 Å². The normalized spacial score (nSPS) is 21.0. The number of pyridine rings is 1. The van der Waals surface area contributed by atoms with E-state index in [4.69, 9.17) is 0 Å². The number of aromatic nitrogens is 1. The zero-order chi connectivity index (χ0) is 14.8. The molecule has 2 atom stereocenters. The van der Waals surface area contributed by atoms with Crippen molar-refractivity contribution in [3.63, 3.8) is 0 Å². The number of fused-ring (bicyclic) bond motifs is 4. The van der Waals surface area contributed by atoms with Crippen molar-refractivity contribution in [3.05, 3.63) is 59.2 Å². The highest BCUT2D eigenvalue weighted by Gasteiger charge is 2.34. The van der Waals surface area contributed by atoms with Crippen LogP contribution in [0.4, 0.5) is 0 Å². The van der Waals surface area contributed by atoms with E-state index in [-0.39, 0.29) is 11.9 Å². The number of aliphatic hydroxyl groups is 1. The first-order valence-corrected chi connectivity index (χ1v) is 7.45. The molecule has 3 N–H and O–H groups in total. The van der Waals surface area contributed by atoms with Gasteiger partial charge < -0.3 is 15.4 Å². The average Bonchev–Trinajstić information content (AvgIpc) is 2.87. The Morgan fingerprint density at radius 3 is 2.95 bits per heavy atom. The van der Waals surface area contributed by atoms with E-state index < -0.39 is 6.10 Å². The van der Waals surface area contributed by atoms with Crippen molar-refractivity contribution >= 4 is 5.91 Å². The van der Waals surface area contributed by atoms with Crippen LogP contribution in [0.1, 0.15) is 27.5 Å². The molecule has 1 amide bonds. The summed E-state index contributed by atoms with van der Waals surface area (Å²) >= 11 is 0. The molecular weight excluding hydrogens is 276 g/mol. The molecule has 22 heavy (non-hydrogen) atoms. The molecule has 0 fully saturated rings. The third-order valence-corrected chi connectivity index (χ3v) is 4.76. The van der Waals surface area contributed by atoms with Crippen LogP contribution in [-0.4, -0.2) is 22.1 Å². The molecule has 0 radical (unpaired) electrons. The molecule has 4 nitrogen and oxygen atoms in total. The number of rotatable bonds is 2. The van der Waals surface area contributed by atoms with Gasteiger partial charge in [-0.3, -0.25) is 4.79 Å². The minimum absolute atomic E-state index is 0.124. The Hall–Kier alpha value is -2.59. The number of carbonyl (C=O) groups is 1. The minimum atomic E-state index is -0.563. The van der Waals surface area contributed by atoms with Gasteiger partial charge >= 0.3 is 0 Å². The lowest BCUT2D eigenvalue weighted by Gasteiger charge is -2.18. The Morgan fingerprint density at radius 2 is 2.05 bits per heavy atom. The molecule has 0 spiro atoms. The maximum atomic E-state index is 12.6. The number of amides is 1. The smallest absolute Gasteiger partial charge is 0.252 e. The Labute approximate surface area is 127 Å². The predicted molar refractivity (Wildman–Crippen MR) is 82.8 cm³/mol. The summed E-state index contributed by atoms with van der Waals surface area (Å²) in [6, 6.07) is 13.4. The highest BCUT2D eigenvalue weighted by molar-refractivity contribution is 6.07. The summed E-state index contributed by atoms with van der Waals surface area (Å²) in [5.41, 5.74) is 7.15. The standard InChI is InChI=1S/C18H14N2O2/c21-15-7-9-3-1-2-4-10(9)17(15)20-18(22)12-6-5-11-13(12)8-14-16(11)19-14/h1-6,8,15,17,19,21H,7H2,(H,20,22)/t15-,17+/m1/s1. The van der Waals surface area contributed by atoms with Crippen LogP contribution in [0.2, 0.25) is 0 Å². The second kappa shape index (κ2) is 3.99. The van der Waals surface area contributed by atoms with Gasteiger partial charge in [0, 0.05) is 17.5 Å². The van der Waals surface area contributed by atoms with Crippen molar-refractivity contribution in [2.75, 3.05) is 0 Å². The van der Waals surface area contributed by atoms with Gasteiger partial charge in [-0.25, -0.2) is 0 Å². The largest absolute Gasteiger partial charge is 0.390 e. The third-order valence-electron chi connectivity index (χ3n) is 4.76. The topological polar surface area (TPSA) is 65.1 Å². The fourth-order valence-electron chi connectivity index (χ4n) is 3.60. The highest BCUT2D eigenvalue weighted by Crippen LogP contribution is 2.45. The quantitative estimate of drug-likeness (QED) is 0.531. The van der Waals surface area contributed by atoms with E-state index >= 15 is 0 Å². The molecule has 0 bridgehead atoms. The van der Waals surface area contributed by atoms with E-state index in [2.05, 4.69) is 10.3 Å². The number of carbonyl (C=O) groups excluding carboxylic acids is 1. The van der Waals surface area contributed by atoms with Crippen LogP contribution in [0.3, 0.4) is 0 Å². The number of hydrogen-bond acceptors (Lipinski definition) is 2. The third kappa shape index (κ3) is 1.53. The predicted octanol–water partition coefficient (Wildman–Crippen LogP) is 2.49. The number of aliphatic hydroxyl groups excluding tert-OH is 1. The van der Waals surface area contributed by atoms with Gasteiger partial charge in [0.15, 0.2) is 0 Å². The Balaban J connectivity index is 1.46. The molecule has 0 saturated heterocycles. The minimum Gasteiger partial charge on any atom is -0.390 e. The molecule has 5 rings (SSSR count). The second-order valence-electron chi connectivity index (χ2n) is 6.05. The average molecular weight is 290 g/mol. The molecule has 0 aromatic heterocycles. The monoisotopic (exact) mass is 290 g/mol. The molecule has 108 valence electrons. The van der Waals surface area contributed by atoms with E-state index in [1.54, 1.807) is 0 Å². The van der Waals surface area contributed by atoms with Crippen molar-refractivity contribution in [3.8, 4) is 22.5 Å². The van der Waals surface area contributed by atoms with Gasteiger partial charge in [-0.05, 0) is 28.8 Å². The Morgan fingerprint density at radius 1 is 1.18 bits per heavy atom. The highest BCUT2D eigenvalue weighted by atomic mass is 16.3. The molecule has 4 aliphatic rings. The van der Waals surface area contributed by atoms with Gasteiger partial charge in [-0.1, -0.05) is 30.3 Å². The first-order valence-electron chi connectivity index (χ1n) is 7.45. The molecule has 0 unspecified atom stereocenters. The SMILES string of the molecule is O=C(N[C@H]1c2ccccc2C[C@H]1O)c1ccc2c3[nH]c-3cc1-2. The van der Waals surface area contributed by atoms with Gasteiger partial charge in [-0.15, -0.1) is 0 Å². The number of nitrogens with one attached hydrogen (secondary N) is 2. The summed E-state index contributed by atoms with van der Waals surface area (Å²) in [6.07, 6.45) is 0.0266. The molecule has 1 aromatic carbocycles. The van der Waals surface area contributed by atoms with Crippen LogP contribution in [-0.2, 0) is 6.42 Å². The number of hydrogen-bond donors (Lipinski definition) is 3. The first-order chi connectivity index (χ1) is 10.7. The van der Waals surface area contributed by atoms with Crippen molar-refractivity contribution in [1.82, 2.24) is 10.3 Å². The van der Waals surface area contributed by atoms with Gasteiger partial charge in [-0.2, -0.15) is 0 Å². The van der Waals surface area contributed by atoms with E-state index in [9.17, 15) is 9.90 Å². The van der Waals surface area contributed by atoms with Crippen LogP contribution < -0.4 is 5.32 Å². The van der Waals surface area contributed by atoms with E-state index in [1.807, 2.05) is 42.5 Å². The number of H-pyrrole nitrogens is 1. The number of benzene rings is 1. The first kappa shape index (κ1) is 12.0. The Kier molecular flexibility index (Phi) is 2.18. The summed E-state index contributed by atoms with van der Waals surface area (Å²) in [4.78, 5) is 15.8. The van der Waals surface area contributed by atoms with Crippen molar-refractivity contribution in [2.45, 2.75) is 18.6 Å². The number of aromatic amines is 1. The maximum absolute atomic E-state index is 12.6. The van der Waals surface area contributed by atoms with E-state index in [0.717, 1.165) is 33.6 Å². The van der Waals surface area contributed by atoms with Crippen LogP contribution >= 0.6 is 0 Å². The zero-order valence-corrected chi connectivity index (χ0v) is 11.8. The zero-order valence-electron chi connectivity index (χ0n) is 11.8. The summed E-state index contributed by atoms with van der Waals surface area (Å²) < 4.78 is 0. The fourth-order valence-corrected chi connectivity index (χ4v) is 3.60. The van der Waals surface area contributed by atoms with Gasteiger partial charge in [0.25, 0.3) is 5.91 Å². The van der Waals surface area contributed by atoms with Crippen LogP contribution in [0.5, 0.6) is 0 Å². The summed E-state index contributed by atoms with van der Waals surface area (Å²) in [6.45, 7) is 0. The van der Waals surface area contributed by atoms with Crippen molar-refractivity contribution < 1.29 is 9.90 Å². The molecule has 1 aliphatic heterocycles. The van der Waals surface area contributed by atoms with Crippen LogP contribution in [0, 0.1) is 0 Å². The molecular formula is C18H14N2O2. The summed E-state index contributed by atoms with van der Waals surface area (Å²) in [5, 5.41) is 13.3. The fraction of sp³-hybridized carbons (Fsp3) is 0.167. The molecule has 0 saturated carbocycles. The van der Waals surface area contributed by atoms with E-state index in [0.29, 0.717) is 12.0 Å². The molecule has 1 heterocycles. The maximum Gasteiger partial charge on any atom is 0.252 e. The van der Waals surface area contributed by atoms with Gasteiger partial charge in [0.2, 0.25) is 0 Å². The van der Waals surface area contributed by atoms with Crippen molar-refractivity contribution in [1.29, 1.82) is 0 Å².